The number of hydrogen-bond donors (Lipinski definition) is 1. The largest absolute Gasteiger partial charge is 0.314 e. The van der Waals surface area contributed by atoms with Crippen LogP contribution in [0, 0.1) is 12.8 Å². The van der Waals surface area contributed by atoms with Gasteiger partial charge in [-0.3, -0.25) is 4.98 Å². The first-order chi connectivity index (χ1) is 9.63. The van der Waals surface area contributed by atoms with E-state index in [0.29, 0.717) is 6.04 Å². The third-order valence-electron chi connectivity index (χ3n) is 4.49. The summed E-state index contributed by atoms with van der Waals surface area (Å²) in [6.07, 6.45) is 2.68. The van der Waals surface area contributed by atoms with Crippen molar-refractivity contribution in [2.24, 2.45) is 5.92 Å². The number of benzene rings is 1. The Bertz CT molecular complexity index is 603. The highest BCUT2D eigenvalue weighted by molar-refractivity contribution is 5.79. The third-order valence-corrected chi connectivity index (χ3v) is 4.49. The number of rotatable bonds is 4. The second kappa shape index (κ2) is 5.53. The zero-order valence-electron chi connectivity index (χ0n) is 12.7. The lowest BCUT2D eigenvalue weighted by molar-refractivity contribution is 0.241. The predicted octanol–water partition coefficient (Wildman–Crippen LogP) is 4.03. The maximum absolute atomic E-state index is 4.59. The number of nitrogens with one attached hydrogen (secondary N) is 1. The second-order valence-electron chi connectivity index (χ2n) is 6.41. The molecule has 1 aromatic heterocycles. The summed E-state index contributed by atoms with van der Waals surface area (Å²) >= 11 is 0. The molecule has 0 spiro atoms. The van der Waals surface area contributed by atoms with E-state index in [1.165, 1.54) is 23.8 Å². The van der Waals surface area contributed by atoms with Gasteiger partial charge in [0.15, 0.2) is 0 Å². The van der Waals surface area contributed by atoms with Gasteiger partial charge < -0.3 is 5.32 Å². The van der Waals surface area contributed by atoms with E-state index in [1.54, 1.807) is 0 Å². The van der Waals surface area contributed by atoms with Gasteiger partial charge in [-0.1, -0.05) is 26.0 Å². The molecule has 2 nitrogen and oxygen atoms in total. The molecule has 0 bridgehead atoms. The fourth-order valence-corrected chi connectivity index (χ4v) is 3.12. The van der Waals surface area contributed by atoms with Crippen LogP contribution in [0.15, 0.2) is 30.3 Å². The van der Waals surface area contributed by atoms with Crippen molar-refractivity contribution in [3.05, 3.63) is 41.6 Å². The highest BCUT2D eigenvalue weighted by atomic mass is 14.9. The molecule has 1 aliphatic carbocycles. The fourth-order valence-electron chi connectivity index (χ4n) is 3.12. The normalized spacial score (nSPS) is 22.2. The fraction of sp³-hybridized carbons (Fsp3) is 0.500. The molecule has 0 amide bonds. The third kappa shape index (κ3) is 2.71. The van der Waals surface area contributed by atoms with Crippen LogP contribution >= 0.6 is 0 Å². The Hall–Kier alpha value is -1.41. The lowest BCUT2D eigenvalue weighted by atomic mass is 9.70. The standard InChI is InChI=1S/C18H24N2/c1-12(2)19-11-16-6-8-17(16)14-7-9-18-15(10-14)5-4-13(3)20-18/h4-5,7,9-10,12,16-17,19H,6,8,11H2,1-3H3. The highest BCUT2D eigenvalue weighted by Crippen LogP contribution is 2.42. The Labute approximate surface area is 121 Å². The summed E-state index contributed by atoms with van der Waals surface area (Å²) in [6, 6.07) is 11.7. The molecule has 3 rings (SSSR count). The average Bonchev–Trinajstić information content (AvgIpc) is 2.37. The summed E-state index contributed by atoms with van der Waals surface area (Å²) in [5.41, 5.74) is 3.70. The molecule has 1 heterocycles. The van der Waals surface area contributed by atoms with Crippen LogP contribution in [-0.4, -0.2) is 17.6 Å². The van der Waals surface area contributed by atoms with Crippen molar-refractivity contribution < 1.29 is 0 Å². The van der Waals surface area contributed by atoms with Crippen molar-refractivity contribution in [2.75, 3.05) is 6.54 Å². The number of aryl methyl sites for hydroxylation is 1. The van der Waals surface area contributed by atoms with E-state index in [4.69, 9.17) is 0 Å². The Morgan fingerprint density at radius 3 is 2.75 bits per heavy atom. The average molecular weight is 268 g/mol. The quantitative estimate of drug-likeness (QED) is 0.905. The van der Waals surface area contributed by atoms with Gasteiger partial charge in [0.1, 0.15) is 0 Å². The molecule has 20 heavy (non-hydrogen) atoms. The van der Waals surface area contributed by atoms with E-state index < -0.39 is 0 Å². The van der Waals surface area contributed by atoms with Crippen LogP contribution in [-0.2, 0) is 0 Å². The van der Waals surface area contributed by atoms with Gasteiger partial charge in [0.2, 0.25) is 0 Å². The molecule has 1 aromatic carbocycles. The van der Waals surface area contributed by atoms with Crippen molar-refractivity contribution >= 4 is 10.9 Å². The van der Waals surface area contributed by atoms with Crippen LogP contribution < -0.4 is 5.32 Å². The Balaban J connectivity index is 1.78. The zero-order chi connectivity index (χ0) is 14.1. The van der Waals surface area contributed by atoms with Crippen molar-refractivity contribution in [1.82, 2.24) is 10.3 Å². The van der Waals surface area contributed by atoms with Crippen LogP contribution in [0.2, 0.25) is 0 Å². The summed E-state index contributed by atoms with van der Waals surface area (Å²) in [4.78, 5) is 4.59. The lowest BCUT2D eigenvalue weighted by Crippen LogP contribution is -2.36. The number of pyridine rings is 1. The topological polar surface area (TPSA) is 24.9 Å². The van der Waals surface area contributed by atoms with E-state index in [9.17, 15) is 0 Å². The predicted molar refractivity (Wildman–Crippen MR) is 85.1 cm³/mol. The van der Waals surface area contributed by atoms with Gasteiger partial charge in [-0.15, -0.1) is 0 Å². The van der Waals surface area contributed by atoms with Crippen LogP contribution in [0.4, 0.5) is 0 Å². The molecular weight excluding hydrogens is 244 g/mol. The Morgan fingerprint density at radius 1 is 1.20 bits per heavy atom. The van der Waals surface area contributed by atoms with Crippen LogP contribution in [0.25, 0.3) is 10.9 Å². The van der Waals surface area contributed by atoms with Crippen molar-refractivity contribution in [1.29, 1.82) is 0 Å². The van der Waals surface area contributed by atoms with Crippen molar-refractivity contribution in [2.45, 2.75) is 45.6 Å². The highest BCUT2D eigenvalue weighted by Gasteiger charge is 2.31. The molecule has 2 unspecified atom stereocenters. The smallest absolute Gasteiger partial charge is 0.0705 e. The summed E-state index contributed by atoms with van der Waals surface area (Å²) < 4.78 is 0. The van der Waals surface area contributed by atoms with E-state index in [2.05, 4.69) is 54.5 Å². The van der Waals surface area contributed by atoms with Gasteiger partial charge in [-0.05, 0) is 61.9 Å². The second-order valence-corrected chi connectivity index (χ2v) is 6.41. The van der Waals surface area contributed by atoms with Crippen molar-refractivity contribution in [3.63, 3.8) is 0 Å². The van der Waals surface area contributed by atoms with Gasteiger partial charge in [0, 0.05) is 17.1 Å². The van der Waals surface area contributed by atoms with E-state index in [0.717, 1.165) is 29.6 Å². The Morgan fingerprint density at radius 2 is 2.05 bits per heavy atom. The van der Waals surface area contributed by atoms with Crippen molar-refractivity contribution in [3.8, 4) is 0 Å². The summed E-state index contributed by atoms with van der Waals surface area (Å²) in [6.45, 7) is 7.63. The van der Waals surface area contributed by atoms with Crippen LogP contribution in [0.1, 0.15) is 43.9 Å². The van der Waals surface area contributed by atoms with E-state index >= 15 is 0 Å². The van der Waals surface area contributed by atoms with Crippen LogP contribution in [0.3, 0.4) is 0 Å². The summed E-state index contributed by atoms with van der Waals surface area (Å²) in [7, 11) is 0. The van der Waals surface area contributed by atoms with Crippen LogP contribution in [0.5, 0.6) is 0 Å². The summed E-state index contributed by atoms with van der Waals surface area (Å²) in [5, 5.41) is 4.85. The molecule has 2 atom stereocenters. The molecule has 0 radical (unpaired) electrons. The first kappa shape index (κ1) is 13.6. The van der Waals surface area contributed by atoms with E-state index in [-0.39, 0.29) is 0 Å². The minimum Gasteiger partial charge on any atom is -0.314 e. The van der Waals surface area contributed by atoms with Gasteiger partial charge in [-0.2, -0.15) is 0 Å². The molecule has 1 N–H and O–H groups in total. The molecule has 2 heteroatoms. The minimum atomic E-state index is 0.583. The Kier molecular flexibility index (Phi) is 3.75. The van der Waals surface area contributed by atoms with Gasteiger partial charge >= 0.3 is 0 Å². The number of nitrogens with zero attached hydrogens (tertiary/aromatic N) is 1. The van der Waals surface area contributed by atoms with Gasteiger partial charge in [-0.25, -0.2) is 0 Å². The van der Waals surface area contributed by atoms with Gasteiger partial charge in [0.05, 0.1) is 5.52 Å². The molecule has 0 aliphatic heterocycles. The minimum absolute atomic E-state index is 0.583. The maximum Gasteiger partial charge on any atom is 0.0705 e. The first-order valence-electron chi connectivity index (χ1n) is 7.74. The molecule has 2 aromatic rings. The molecule has 1 aliphatic rings. The molecule has 1 fully saturated rings. The van der Waals surface area contributed by atoms with Gasteiger partial charge in [0.25, 0.3) is 0 Å². The first-order valence-corrected chi connectivity index (χ1v) is 7.74. The molecule has 1 saturated carbocycles. The van der Waals surface area contributed by atoms with E-state index in [1.807, 2.05) is 6.92 Å². The SMILES string of the molecule is Cc1ccc2cc(C3CCC3CNC(C)C)ccc2n1. The summed E-state index contributed by atoms with van der Waals surface area (Å²) in [5.74, 6) is 1.53. The number of fused-ring (bicyclic) bond motifs is 1. The molecular formula is C18H24N2. The zero-order valence-corrected chi connectivity index (χ0v) is 12.7. The maximum atomic E-state index is 4.59. The molecule has 106 valence electrons. The lowest BCUT2D eigenvalue weighted by Gasteiger charge is -2.38. The number of hydrogen-bond acceptors (Lipinski definition) is 2. The molecule has 0 saturated heterocycles. The number of aromatic nitrogens is 1. The monoisotopic (exact) mass is 268 g/mol.